The maximum atomic E-state index is 13.3. The summed E-state index contributed by atoms with van der Waals surface area (Å²) in [6.45, 7) is 3.25. The number of anilines is 1. The number of esters is 1. The van der Waals surface area contributed by atoms with Crippen molar-refractivity contribution in [2.24, 2.45) is 5.92 Å². The lowest BCUT2D eigenvalue weighted by molar-refractivity contribution is -0.148. The number of carbonyl (C=O) groups is 1. The molecule has 7 nitrogen and oxygen atoms in total. The minimum atomic E-state index is -4.47. The molecule has 4 aromatic rings. The Labute approximate surface area is 193 Å². The lowest BCUT2D eigenvalue weighted by atomic mass is 9.98. The van der Waals surface area contributed by atoms with E-state index in [1.54, 1.807) is 17.5 Å². The summed E-state index contributed by atoms with van der Waals surface area (Å²) in [5, 5.41) is 9.20. The monoisotopic (exact) mass is 469 g/mol. The second-order valence-corrected chi connectivity index (χ2v) is 8.24. The third-order valence-corrected chi connectivity index (χ3v) is 6.04. The number of piperidine rings is 1. The minimum Gasteiger partial charge on any atom is -0.466 e. The fourth-order valence-electron chi connectivity index (χ4n) is 4.44. The molecule has 34 heavy (non-hydrogen) atoms. The Balaban J connectivity index is 1.64. The van der Waals surface area contributed by atoms with Crippen LogP contribution in [0.15, 0.2) is 48.5 Å². The van der Waals surface area contributed by atoms with Gasteiger partial charge >= 0.3 is 12.1 Å². The number of benzene rings is 2. The summed E-state index contributed by atoms with van der Waals surface area (Å²) in [7, 11) is 0. The Morgan fingerprint density at radius 1 is 1.18 bits per heavy atom. The van der Waals surface area contributed by atoms with Crippen LogP contribution in [0.1, 0.15) is 25.3 Å². The SMILES string of the molecule is CCOC(=O)[C@@H]1CCCN(c2nc3c(-c4cccc(C(F)(F)F)c4)nnn3c3ccccc23)C1. The summed E-state index contributed by atoms with van der Waals surface area (Å²) in [4.78, 5) is 19.2. The van der Waals surface area contributed by atoms with Crippen LogP contribution >= 0.6 is 0 Å². The molecule has 2 aromatic heterocycles. The average molecular weight is 469 g/mol. The summed E-state index contributed by atoms with van der Waals surface area (Å²) in [5.74, 6) is 0.150. The van der Waals surface area contributed by atoms with E-state index >= 15 is 0 Å². The van der Waals surface area contributed by atoms with Gasteiger partial charge in [0.2, 0.25) is 0 Å². The number of hydrogen-bond acceptors (Lipinski definition) is 6. The molecule has 0 aliphatic carbocycles. The van der Waals surface area contributed by atoms with Gasteiger partial charge in [-0.15, -0.1) is 5.10 Å². The summed E-state index contributed by atoms with van der Waals surface area (Å²) in [6.07, 6.45) is -2.94. The highest BCUT2D eigenvalue weighted by molar-refractivity contribution is 5.94. The van der Waals surface area contributed by atoms with Crippen molar-refractivity contribution in [2.45, 2.75) is 25.9 Å². The van der Waals surface area contributed by atoms with E-state index in [0.717, 1.165) is 35.9 Å². The first-order chi connectivity index (χ1) is 16.4. The van der Waals surface area contributed by atoms with E-state index in [9.17, 15) is 18.0 Å². The van der Waals surface area contributed by atoms with Gasteiger partial charge in [0.25, 0.3) is 0 Å². The molecule has 0 bridgehead atoms. The van der Waals surface area contributed by atoms with Gasteiger partial charge < -0.3 is 9.64 Å². The molecule has 1 aliphatic heterocycles. The Morgan fingerprint density at radius 2 is 2.00 bits per heavy atom. The van der Waals surface area contributed by atoms with Crippen LogP contribution in [0.3, 0.4) is 0 Å². The van der Waals surface area contributed by atoms with Crippen molar-refractivity contribution in [3.63, 3.8) is 0 Å². The smallest absolute Gasteiger partial charge is 0.416 e. The highest BCUT2D eigenvalue weighted by Crippen LogP contribution is 2.35. The molecule has 0 N–H and O–H groups in total. The van der Waals surface area contributed by atoms with Crippen molar-refractivity contribution in [3.8, 4) is 11.3 Å². The van der Waals surface area contributed by atoms with E-state index in [2.05, 4.69) is 10.3 Å². The number of hydrogen-bond donors (Lipinski definition) is 0. The zero-order valence-corrected chi connectivity index (χ0v) is 18.4. The first kappa shape index (κ1) is 22.1. The number of fused-ring (bicyclic) bond motifs is 3. The summed E-state index contributed by atoms with van der Waals surface area (Å²) in [6, 6.07) is 12.5. The molecule has 1 saturated heterocycles. The molecule has 176 valence electrons. The fourth-order valence-corrected chi connectivity index (χ4v) is 4.44. The molecule has 3 heterocycles. The van der Waals surface area contributed by atoms with Gasteiger partial charge in [0.15, 0.2) is 5.65 Å². The minimum absolute atomic E-state index is 0.228. The van der Waals surface area contributed by atoms with Crippen LogP contribution in [-0.4, -0.2) is 45.5 Å². The van der Waals surface area contributed by atoms with Gasteiger partial charge in [-0.05, 0) is 44.0 Å². The van der Waals surface area contributed by atoms with Gasteiger partial charge in [-0.3, -0.25) is 4.79 Å². The maximum absolute atomic E-state index is 13.3. The Morgan fingerprint density at radius 3 is 2.79 bits per heavy atom. The van der Waals surface area contributed by atoms with Gasteiger partial charge in [0.1, 0.15) is 11.5 Å². The zero-order valence-electron chi connectivity index (χ0n) is 18.4. The van der Waals surface area contributed by atoms with Crippen molar-refractivity contribution in [1.29, 1.82) is 0 Å². The first-order valence-corrected chi connectivity index (χ1v) is 11.1. The number of halogens is 3. The van der Waals surface area contributed by atoms with E-state index in [0.29, 0.717) is 31.2 Å². The molecular weight excluding hydrogens is 447 g/mol. The summed E-state index contributed by atoms with van der Waals surface area (Å²) >= 11 is 0. The Bertz CT molecular complexity index is 1370. The lowest BCUT2D eigenvalue weighted by Crippen LogP contribution is -2.40. The highest BCUT2D eigenvalue weighted by atomic mass is 19.4. The zero-order chi connectivity index (χ0) is 23.9. The Kier molecular flexibility index (Phi) is 5.59. The lowest BCUT2D eigenvalue weighted by Gasteiger charge is -2.33. The fraction of sp³-hybridized carbons (Fsp3) is 0.333. The molecule has 0 saturated carbocycles. The largest absolute Gasteiger partial charge is 0.466 e. The van der Waals surface area contributed by atoms with E-state index in [-0.39, 0.29) is 23.1 Å². The number of carbonyl (C=O) groups excluding carboxylic acids is 1. The van der Waals surface area contributed by atoms with Gasteiger partial charge in [-0.1, -0.05) is 29.5 Å². The van der Waals surface area contributed by atoms with Crippen LogP contribution in [0.5, 0.6) is 0 Å². The molecule has 0 radical (unpaired) electrons. The second kappa shape index (κ2) is 8.58. The second-order valence-electron chi connectivity index (χ2n) is 8.24. The molecule has 1 fully saturated rings. The van der Waals surface area contributed by atoms with Crippen molar-refractivity contribution >= 4 is 28.3 Å². The van der Waals surface area contributed by atoms with Gasteiger partial charge in [0, 0.05) is 24.0 Å². The van der Waals surface area contributed by atoms with Crippen LogP contribution in [0, 0.1) is 5.92 Å². The molecule has 1 atom stereocenters. The predicted molar refractivity (Wildman–Crippen MR) is 120 cm³/mol. The molecule has 10 heteroatoms. The summed E-state index contributed by atoms with van der Waals surface area (Å²) < 4.78 is 46.6. The predicted octanol–water partition coefficient (Wildman–Crippen LogP) is 4.74. The van der Waals surface area contributed by atoms with Gasteiger partial charge in [-0.25, -0.2) is 4.98 Å². The van der Waals surface area contributed by atoms with E-state index < -0.39 is 11.7 Å². The van der Waals surface area contributed by atoms with Gasteiger partial charge in [0.05, 0.1) is 23.6 Å². The summed E-state index contributed by atoms with van der Waals surface area (Å²) in [5.41, 5.74) is 0.858. The number of rotatable bonds is 4. The topological polar surface area (TPSA) is 72.6 Å². The number of para-hydroxylation sites is 1. The number of ether oxygens (including phenoxy) is 1. The molecular formula is C24H22F3N5O2. The van der Waals surface area contributed by atoms with Crippen LogP contribution in [-0.2, 0) is 15.7 Å². The van der Waals surface area contributed by atoms with Crippen molar-refractivity contribution in [2.75, 3.05) is 24.6 Å². The van der Waals surface area contributed by atoms with Crippen molar-refractivity contribution in [3.05, 3.63) is 54.1 Å². The van der Waals surface area contributed by atoms with Crippen molar-refractivity contribution < 1.29 is 22.7 Å². The average Bonchev–Trinajstić information content (AvgIpc) is 3.28. The van der Waals surface area contributed by atoms with Gasteiger partial charge in [-0.2, -0.15) is 17.7 Å². The van der Waals surface area contributed by atoms with Crippen LogP contribution in [0.2, 0.25) is 0 Å². The van der Waals surface area contributed by atoms with Crippen LogP contribution in [0.4, 0.5) is 19.0 Å². The number of aromatic nitrogens is 4. The van der Waals surface area contributed by atoms with Crippen LogP contribution < -0.4 is 4.90 Å². The standard InChI is InChI=1S/C24H22F3N5O2/c1-2-34-23(33)16-8-6-12-31(14-16)21-18-10-3-4-11-19(18)32-22(28-21)20(29-30-32)15-7-5-9-17(13-15)24(25,26)27/h3-5,7,9-11,13,16H,2,6,8,12,14H2,1H3/t16-/m1/s1. The Hall–Kier alpha value is -3.69. The van der Waals surface area contributed by atoms with E-state index in [1.807, 2.05) is 29.2 Å². The molecule has 2 aromatic carbocycles. The molecule has 1 aliphatic rings. The quantitative estimate of drug-likeness (QED) is 0.402. The molecule has 0 amide bonds. The first-order valence-electron chi connectivity index (χ1n) is 11.1. The maximum Gasteiger partial charge on any atom is 0.416 e. The highest BCUT2D eigenvalue weighted by Gasteiger charge is 2.32. The third kappa shape index (κ3) is 3.93. The molecule has 0 spiro atoms. The third-order valence-electron chi connectivity index (χ3n) is 6.04. The van der Waals surface area contributed by atoms with E-state index in [1.165, 1.54) is 6.07 Å². The molecule has 5 rings (SSSR count). The van der Waals surface area contributed by atoms with Crippen molar-refractivity contribution in [1.82, 2.24) is 19.8 Å². The number of nitrogens with zero attached hydrogens (tertiary/aromatic N) is 5. The van der Waals surface area contributed by atoms with Crippen LogP contribution in [0.25, 0.3) is 27.8 Å². The molecule has 0 unspecified atom stereocenters. The number of alkyl halides is 3. The normalized spacial score (nSPS) is 16.8. The van der Waals surface area contributed by atoms with E-state index in [4.69, 9.17) is 9.72 Å².